The molecule has 0 aromatic rings. The van der Waals surface area contributed by atoms with E-state index in [1.54, 1.807) is 0 Å². The van der Waals surface area contributed by atoms with E-state index in [2.05, 4.69) is 12.2 Å². The van der Waals surface area contributed by atoms with Gasteiger partial charge in [-0.15, -0.1) is 0 Å². The van der Waals surface area contributed by atoms with Gasteiger partial charge in [0.1, 0.15) is 0 Å². The number of rotatable bonds is 11. The molecule has 1 saturated heterocycles. The van der Waals surface area contributed by atoms with Gasteiger partial charge in [0, 0.05) is 6.54 Å². The molecule has 0 bridgehead atoms. The zero-order valence-electron chi connectivity index (χ0n) is 13.8. The summed E-state index contributed by atoms with van der Waals surface area (Å²) in [6.45, 7) is 3.50. The molecule has 1 heterocycles. The minimum atomic E-state index is -2.80. The van der Waals surface area contributed by atoms with Gasteiger partial charge in [-0.25, -0.2) is 8.42 Å². The van der Waals surface area contributed by atoms with E-state index in [-0.39, 0.29) is 11.7 Å². The first-order valence-electron chi connectivity index (χ1n) is 8.64. The fraction of sp³-hybridized carbons (Fsp3) is 0.938. The SMILES string of the molecule is CCCCCCCCCCOC(=S)NCC1CCS(=O)(=O)C1. The molecular formula is C16H31NO3S2. The maximum atomic E-state index is 11.3. The van der Waals surface area contributed by atoms with Crippen LogP contribution in [0.5, 0.6) is 0 Å². The monoisotopic (exact) mass is 349 g/mol. The molecular weight excluding hydrogens is 318 g/mol. The fourth-order valence-corrected chi connectivity index (χ4v) is 4.74. The smallest absolute Gasteiger partial charge is 0.256 e. The molecule has 1 aliphatic rings. The number of sulfone groups is 1. The highest BCUT2D eigenvalue weighted by Crippen LogP contribution is 2.17. The minimum Gasteiger partial charge on any atom is -0.471 e. The molecule has 130 valence electrons. The predicted molar refractivity (Wildman–Crippen MR) is 95.9 cm³/mol. The van der Waals surface area contributed by atoms with Crippen LogP contribution in [0.1, 0.15) is 64.7 Å². The van der Waals surface area contributed by atoms with E-state index < -0.39 is 9.84 Å². The van der Waals surface area contributed by atoms with Crippen molar-refractivity contribution in [2.75, 3.05) is 24.7 Å². The summed E-state index contributed by atoms with van der Waals surface area (Å²) in [6.07, 6.45) is 10.9. The third-order valence-corrected chi connectivity index (χ3v) is 6.19. The molecule has 0 aromatic heterocycles. The number of unbranched alkanes of at least 4 members (excludes halogenated alkanes) is 7. The van der Waals surface area contributed by atoms with Crippen molar-refractivity contribution in [3.05, 3.63) is 0 Å². The van der Waals surface area contributed by atoms with Crippen LogP contribution in [-0.2, 0) is 14.6 Å². The van der Waals surface area contributed by atoms with Crippen LogP contribution >= 0.6 is 12.2 Å². The van der Waals surface area contributed by atoms with Crippen LogP contribution < -0.4 is 5.32 Å². The number of nitrogens with one attached hydrogen (secondary N) is 1. The van der Waals surface area contributed by atoms with Gasteiger partial charge < -0.3 is 10.1 Å². The second-order valence-electron chi connectivity index (χ2n) is 6.26. The molecule has 0 spiro atoms. The first kappa shape index (κ1) is 19.7. The molecule has 0 aromatic carbocycles. The maximum absolute atomic E-state index is 11.3. The maximum Gasteiger partial charge on any atom is 0.256 e. The highest BCUT2D eigenvalue weighted by molar-refractivity contribution is 7.91. The van der Waals surface area contributed by atoms with Gasteiger partial charge in [-0.1, -0.05) is 51.9 Å². The van der Waals surface area contributed by atoms with Gasteiger partial charge in [0.25, 0.3) is 5.17 Å². The Morgan fingerprint density at radius 3 is 2.36 bits per heavy atom. The molecule has 0 radical (unpaired) electrons. The zero-order chi connectivity index (χ0) is 16.3. The van der Waals surface area contributed by atoms with Gasteiger partial charge in [0.15, 0.2) is 9.84 Å². The Kier molecular flexibility index (Phi) is 10.0. The third-order valence-electron chi connectivity index (χ3n) is 4.09. The largest absolute Gasteiger partial charge is 0.471 e. The lowest BCUT2D eigenvalue weighted by Gasteiger charge is -2.12. The average molecular weight is 350 g/mol. The van der Waals surface area contributed by atoms with Crippen molar-refractivity contribution in [2.24, 2.45) is 5.92 Å². The first-order valence-corrected chi connectivity index (χ1v) is 10.9. The lowest BCUT2D eigenvalue weighted by atomic mass is 10.1. The topological polar surface area (TPSA) is 55.4 Å². The van der Waals surface area contributed by atoms with Crippen LogP contribution in [0, 0.1) is 5.92 Å². The van der Waals surface area contributed by atoms with Crippen molar-refractivity contribution >= 4 is 27.2 Å². The Hall–Kier alpha value is -0.360. The molecule has 0 aliphatic carbocycles. The van der Waals surface area contributed by atoms with Crippen LogP contribution in [0.3, 0.4) is 0 Å². The second-order valence-corrected chi connectivity index (χ2v) is 8.86. The van der Waals surface area contributed by atoms with Crippen molar-refractivity contribution in [2.45, 2.75) is 64.7 Å². The average Bonchev–Trinajstić information content (AvgIpc) is 2.83. The number of ether oxygens (including phenoxy) is 1. The predicted octanol–water partition coefficient (Wildman–Crippen LogP) is 3.45. The first-order chi connectivity index (χ1) is 10.5. The molecule has 6 heteroatoms. The quantitative estimate of drug-likeness (QED) is 0.457. The highest BCUT2D eigenvalue weighted by atomic mass is 32.2. The molecule has 1 unspecified atom stereocenters. The standard InChI is InChI=1S/C16H31NO3S2/c1-2-3-4-5-6-7-8-9-11-20-16(21)17-13-15-10-12-22(18,19)14-15/h15H,2-14H2,1H3,(H,17,21). The Balaban J connectivity index is 1.89. The van der Waals surface area contributed by atoms with E-state index in [4.69, 9.17) is 17.0 Å². The molecule has 4 nitrogen and oxygen atoms in total. The normalized spacial score (nSPS) is 20.0. The number of thiocarbonyl (C=S) groups is 1. The van der Waals surface area contributed by atoms with Gasteiger partial charge in [-0.05, 0) is 31.0 Å². The van der Waals surface area contributed by atoms with Crippen molar-refractivity contribution in [1.29, 1.82) is 0 Å². The summed E-state index contributed by atoms with van der Waals surface area (Å²) in [4.78, 5) is 0. The Morgan fingerprint density at radius 1 is 1.14 bits per heavy atom. The molecule has 1 atom stereocenters. The van der Waals surface area contributed by atoms with Gasteiger partial charge in [0.05, 0.1) is 18.1 Å². The lowest BCUT2D eigenvalue weighted by molar-refractivity contribution is 0.284. The van der Waals surface area contributed by atoms with E-state index in [0.29, 0.717) is 24.1 Å². The number of hydrogen-bond donors (Lipinski definition) is 1. The zero-order valence-corrected chi connectivity index (χ0v) is 15.4. The Labute approximate surface area is 141 Å². The van der Waals surface area contributed by atoms with Crippen LogP contribution in [0.25, 0.3) is 0 Å². The molecule has 0 saturated carbocycles. The van der Waals surface area contributed by atoms with E-state index >= 15 is 0 Å². The number of hydrogen-bond acceptors (Lipinski definition) is 4. The fourth-order valence-electron chi connectivity index (χ4n) is 2.71. The lowest BCUT2D eigenvalue weighted by Crippen LogP contribution is -2.30. The van der Waals surface area contributed by atoms with Crippen LogP contribution in [0.2, 0.25) is 0 Å². The summed E-state index contributed by atoms with van der Waals surface area (Å²) < 4.78 is 28.2. The summed E-state index contributed by atoms with van der Waals surface area (Å²) in [5.41, 5.74) is 0. The van der Waals surface area contributed by atoms with Gasteiger partial charge in [-0.3, -0.25) is 0 Å². The minimum absolute atomic E-state index is 0.176. The molecule has 1 N–H and O–H groups in total. The Morgan fingerprint density at radius 2 is 1.77 bits per heavy atom. The van der Waals surface area contributed by atoms with Crippen molar-refractivity contribution in [3.63, 3.8) is 0 Å². The van der Waals surface area contributed by atoms with E-state index in [1.165, 1.54) is 44.9 Å². The van der Waals surface area contributed by atoms with E-state index in [0.717, 1.165) is 12.8 Å². The summed E-state index contributed by atoms with van der Waals surface area (Å²) >= 11 is 5.11. The van der Waals surface area contributed by atoms with Crippen LogP contribution in [-0.4, -0.2) is 38.2 Å². The third kappa shape index (κ3) is 9.62. The summed E-state index contributed by atoms with van der Waals surface area (Å²) in [5.74, 6) is 0.765. The van der Waals surface area contributed by atoms with Crippen molar-refractivity contribution in [3.8, 4) is 0 Å². The highest BCUT2D eigenvalue weighted by Gasteiger charge is 2.27. The molecule has 1 fully saturated rings. The molecule has 22 heavy (non-hydrogen) atoms. The molecule has 0 amide bonds. The van der Waals surface area contributed by atoms with Gasteiger partial charge in [0.2, 0.25) is 0 Å². The summed E-state index contributed by atoms with van der Waals surface area (Å²) in [7, 11) is -2.80. The van der Waals surface area contributed by atoms with E-state index in [1.807, 2.05) is 0 Å². The van der Waals surface area contributed by atoms with Crippen LogP contribution in [0.4, 0.5) is 0 Å². The summed E-state index contributed by atoms with van der Waals surface area (Å²) in [5, 5.41) is 3.44. The van der Waals surface area contributed by atoms with E-state index in [9.17, 15) is 8.42 Å². The van der Waals surface area contributed by atoms with Gasteiger partial charge in [-0.2, -0.15) is 0 Å². The van der Waals surface area contributed by atoms with Crippen molar-refractivity contribution in [1.82, 2.24) is 5.32 Å². The summed E-state index contributed by atoms with van der Waals surface area (Å²) in [6, 6.07) is 0. The van der Waals surface area contributed by atoms with Gasteiger partial charge >= 0.3 is 0 Å². The van der Waals surface area contributed by atoms with Crippen LogP contribution in [0.15, 0.2) is 0 Å². The van der Waals surface area contributed by atoms with Crippen molar-refractivity contribution < 1.29 is 13.2 Å². The Bertz CT molecular complexity index is 410. The second kappa shape index (κ2) is 11.2. The molecule has 1 rings (SSSR count). The molecule has 1 aliphatic heterocycles.